The number of carbonyl (C=O) groups excluding carboxylic acids is 2. The average Bonchev–Trinajstić information content (AvgIpc) is 2.63. The fraction of sp³-hybridized carbons (Fsp3) is 0.263. The maximum absolute atomic E-state index is 13.9. The topological polar surface area (TPSA) is 37.4 Å². The third-order valence-corrected chi connectivity index (χ3v) is 4.86. The monoisotopic (exact) mass is 389 g/mol. The maximum Gasteiger partial charge on any atom is 0.256 e. The number of halogens is 2. The highest BCUT2D eigenvalue weighted by Crippen LogP contribution is 2.24. The Bertz CT molecular complexity index is 755. The third-order valence-electron chi connectivity index (χ3n) is 4.37. The van der Waals surface area contributed by atoms with Crippen LogP contribution in [0.4, 0.5) is 4.39 Å². The smallest absolute Gasteiger partial charge is 0.256 e. The molecule has 1 amide bonds. The number of ketones is 1. The lowest BCUT2D eigenvalue weighted by Gasteiger charge is -2.31. The Morgan fingerprint density at radius 2 is 1.71 bits per heavy atom. The van der Waals surface area contributed by atoms with Crippen molar-refractivity contribution >= 4 is 27.6 Å². The molecule has 0 saturated carbocycles. The average molecular weight is 390 g/mol. The van der Waals surface area contributed by atoms with Gasteiger partial charge in [0.05, 0.1) is 5.56 Å². The number of likely N-dealkylation sites (tertiary alicyclic amines) is 1. The highest BCUT2D eigenvalue weighted by atomic mass is 79.9. The van der Waals surface area contributed by atoms with Crippen LogP contribution in [0, 0.1) is 11.7 Å². The molecule has 0 radical (unpaired) electrons. The molecule has 1 aliphatic rings. The fourth-order valence-electron chi connectivity index (χ4n) is 3.01. The molecule has 0 atom stereocenters. The number of nitrogens with zero attached hydrogens (tertiary/aromatic N) is 1. The predicted octanol–water partition coefficient (Wildman–Crippen LogP) is 4.32. The van der Waals surface area contributed by atoms with Crippen molar-refractivity contribution in [1.82, 2.24) is 4.90 Å². The van der Waals surface area contributed by atoms with Crippen molar-refractivity contribution < 1.29 is 14.0 Å². The maximum atomic E-state index is 13.9. The van der Waals surface area contributed by atoms with Crippen LogP contribution in [0.2, 0.25) is 0 Å². The molecule has 1 aliphatic heterocycles. The summed E-state index contributed by atoms with van der Waals surface area (Å²) in [5.74, 6) is -0.801. The van der Waals surface area contributed by atoms with E-state index in [-0.39, 0.29) is 23.2 Å². The largest absolute Gasteiger partial charge is 0.339 e. The highest BCUT2D eigenvalue weighted by molar-refractivity contribution is 9.10. The van der Waals surface area contributed by atoms with Gasteiger partial charge in [0.15, 0.2) is 5.78 Å². The SMILES string of the molecule is O=C(c1ccccc1)C1CCN(C(=O)c2cc(Br)ccc2F)CC1. The Morgan fingerprint density at radius 1 is 1.04 bits per heavy atom. The Morgan fingerprint density at radius 3 is 2.38 bits per heavy atom. The number of benzene rings is 2. The van der Waals surface area contributed by atoms with E-state index in [4.69, 9.17) is 0 Å². The van der Waals surface area contributed by atoms with Gasteiger partial charge in [-0.3, -0.25) is 9.59 Å². The van der Waals surface area contributed by atoms with Crippen LogP contribution in [0.25, 0.3) is 0 Å². The molecular weight excluding hydrogens is 373 g/mol. The van der Waals surface area contributed by atoms with Crippen LogP contribution >= 0.6 is 15.9 Å². The van der Waals surface area contributed by atoms with Gasteiger partial charge in [0.25, 0.3) is 5.91 Å². The number of carbonyl (C=O) groups is 2. The number of hydrogen-bond acceptors (Lipinski definition) is 2. The van der Waals surface area contributed by atoms with Crippen molar-refractivity contribution in [3.8, 4) is 0 Å². The van der Waals surface area contributed by atoms with Gasteiger partial charge in [0, 0.05) is 29.0 Å². The summed E-state index contributed by atoms with van der Waals surface area (Å²) in [6.07, 6.45) is 1.21. The highest BCUT2D eigenvalue weighted by Gasteiger charge is 2.29. The van der Waals surface area contributed by atoms with Crippen LogP contribution in [0.5, 0.6) is 0 Å². The second-order valence-corrected chi connectivity index (χ2v) is 6.84. The number of Topliss-reactive ketones (excluding diaryl/α,β-unsaturated/α-hetero) is 1. The van der Waals surface area contributed by atoms with Crippen molar-refractivity contribution in [1.29, 1.82) is 0 Å². The minimum absolute atomic E-state index is 0.0669. The molecule has 0 N–H and O–H groups in total. The first-order valence-corrected chi connectivity index (χ1v) is 8.69. The quantitative estimate of drug-likeness (QED) is 0.732. The van der Waals surface area contributed by atoms with Gasteiger partial charge < -0.3 is 4.90 Å². The van der Waals surface area contributed by atoms with Gasteiger partial charge in [-0.2, -0.15) is 0 Å². The van der Waals surface area contributed by atoms with E-state index in [1.165, 1.54) is 12.1 Å². The van der Waals surface area contributed by atoms with Crippen LogP contribution in [0.1, 0.15) is 33.6 Å². The molecule has 1 saturated heterocycles. The Labute approximate surface area is 148 Å². The molecule has 0 aromatic heterocycles. The van der Waals surface area contributed by atoms with Crippen LogP contribution in [-0.2, 0) is 0 Å². The normalized spacial score (nSPS) is 15.3. The van der Waals surface area contributed by atoms with Gasteiger partial charge in [0.2, 0.25) is 0 Å². The Hall–Kier alpha value is -2.01. The van der Waals surface area contributed by atoms with Crippen LogP contribution < -0.4 is 0 Å². The van der Waals surface area contributed by atoms with Gasteiger partial charge in [-0.1, -0.05) is 46.3 Å². The summed E-state index contributed by atoms with van der Waals surface area (Å²) >= 11 is 3.26. The molecule has 0 aliphatic carbocycles. The molecule has 3 rings (SSSR count). The summed E-state index contributed by atoms with van der Waals surface area (Å²) in [5, 5.41) is 0. The minimum atomic E-state index is -0.523. The number of piperidine rings is 1. The molecule has 24 heavy (non-hydrogen) atoms. The Balaban J connectivity index is 1.66. The van der Waals surface area contributed by atoms with E-state index >= 15 is 0 Å². The molecule has 3 nitrogen and oxygen atoms in total. The fourth-order valence-corrected chi connectivity index (χ4v) is 3.38. The van der Waals surface area contributed by atoms with Gasteiger partial charge in [0.1, 0.15) is 5.82 Å². The Kier molecular flexibility index (Phi) is 5.09. The second-order valence-electron chi connectivity index (χ2n) is 5.92. The lowest BCUT2D eigenvalue weighted by atomic mass is 9.88. The summed E-state index contributed by atoms with van der Waals surface area (Å²) in [6.45, 7) is 0.933. The second kappa shape index (κ2) is 7.26. The van der Waals surface area contributed by atoms with E-state index in [0.717, 1.165) is 0 Å². The number of rotatable bonds is 3. The van der Waals surface area contributed by atoms with Crippen molar-refractivity contribution in [2.75, 3.05) is 13.1 Å². The first-order chi connectivity index (χ1) is 11.6. The number of hydrogen-bond donors (Lipinski definition) is 0. The summed E-state index contributed by atoms with van der Waals surface area (Å²) in [5.41, 5.74) is 0.775. The molecule has 0 bridgehead atoms. The molecule has 0 unspecified atom stereocenters. The zero-order valence-corrected chi connectivity index (χ0v) is 14.6. The zero-order chi connectivity index (χ0) is 17.1. The van der Waals surface area contributed by atoms with Gasteiger partial charge in [-0.25, -0.2) is 4.39 Å². The standard InChI is InChI=1S/C19H17BrFNO2/c20-15-6-7-17(21)16(12-15)19(24)22-10-8-14(9-11-22)18(23)13-4-2-1-3-5-13/h1-7,12,14H,8-11H2. The van der Waals surface area contributed by atoms with Crippen molar-refractivity contribution in [3.05, 3.63) is 69.9 Å². The van der Waals surface area contributed by atoms with Gasteiger partial charge in [-0.15, -0.1) is 0 Å². The molecule has 1 fully saturated rings. The van der Waals surface area contributed by atoms with Crippen molar-refractivity contribution in [2.45, 2.75) is 12.8 Å². The first kappa shape index (κ1) is 16.8. The molecule has 124 valence electrons. The lowest BCUT2D eigenvalue weighted by molar-refractivity contribution is 0.0646. The van der Waals surface area contributed by atoms with E-state index in [1.54, 1.807) is 11.0 Å². The molecule has 2 aromatic carbocycles. The predicted molar refractivity (Wildman–Crippen MR) is 93.5 cm³/mol. The van der Waals surface area contributed by atoms with Crippen molar-refractivity contribution in [3.63, 3.8) is 0 Å². The minimum Gasteiger partial charge on any atom is -0.339 e. The van der Waals surface area contributed by atoms with Crippen LogP contribution in [0.3, 0.4) is 0 Å². The zero-order valence-electron chi connectivity index (χ0n) is 13.0. The first-order valence-electron chi connectivity index (χ1n) is 7.90. The third kappa shape index (κ3) is 3.56. The summed E-state index contributed by atoms with van der Waals surface area (Å²) in [4.78, 5) is 26.6. The van der Waals surface area contributed by atoms with E-state index in [0.29, 0.717) is 36.0 Å². The van der Waals surface area contributed by atoms with E-state index in [1.807, 2.05) is 30.3 Å². The summed E-state index contributed by atoms with van der Waals surface area (Å²) in [7, 11) is 0. The summed E-state index contributed by atoms with van der Waals surface area (Å²) in [6, 6.07) is 13.6. The molecule has 0 spiro atoms. The van der Waals surface area contributed by atoms with E-state index in [9.17, 15) is 14.0 Å². The van der Waals surface area contributed by atoms with E-state index < -0.39 is 5.82 Å². The lowest BCUT2D eigenvalue weighted by Crippen LogP contribution is -2.40. The van der Waals surface area contributed by atoms with Crippen LogP contribution in [-0.4, -0.2) is 29.7 Å². The van der Waals surface area contributed by atoms with E-state index in [2.05, 4.69) is 15.9 Å². The number of amides is 1. The van der Waals surface area contributed by atoms with Gasteiger partial charge in [-0.05, 0) is 31.0 Å². The molecule has 2 aromatic rings. The van der Waals surface area contributed by atoms with Crippen molar-refractivity contribution in [2.24, 2.45) is 5.92 Å². The van der Waals surface area contributed by atoms with Crippen LogP contribution in [0.15, 0.2) is 53.0 Å². The molecule has 5 heteroatoms. The van der Waals surface area contributed by atoms with Gasteiger partial charge >= 0.3 is 0 Å². The summed E-state index contributed by atoms with van der Waals surface area (Å²) < 4.78 is 14.5. The molecular formula is C19H17BrFNO2. The molecule has 1 heterocycles.